The Morgan fingerprint density at radius 3 is 2.72 bits per heavy atom. The maximum absolute atomic E-state index is 13.2. The van der Waals surface area contributed by atoms with Gasteiger partial charge in [-0.05, 0) is 19.1 Å². The van der Waals surface area contributed by atoms with Crippen LogP contribution in [0.5, 0.6) is 0 Å². The number of rotatable bonds is 3. The number of nitrogens with one attached hydrogen (secondary N) is 2. The molecule has 0 fully saturated rings. The summed E-state index contributed by atoms with van der Waals surface area (Å²) in [6.07, 6.45) is 0. The molecule has 1 heterocycles. The van der Waals surface area contributed by atoms with Gasteiger partial charge in [0.2, 0.25) is 0 Å². The van der Waals surface area contributed by atoms with Gasteiger partial charge in [0.25, 0.3) is 5.91 Å². The highest BCUT2D eigenvalue weighted by Gasteiger charge is 2.11. The van der Waals surface area contributed by atoms with Crippen LogP contribution < -0.4 is 10.9 Å². The van der Waals surface area contributed by atoms with Gasteiger partial charge in [-0.15, -0.1) is 0 Å². The number of hydrazine groups is 1. The summed E-state index contributed by atoms with van der Waals surface area (Å²) < 4.78 is 30.6. The van der Waals surface area contributed by atoms with Crippen molar-refractivity contribution in [3.05, 3.63) is 47.4 Å². The molecule has 0 aliphatic rings. The first-order valence-corrected chi connectivity index (χ1v) is 5.01. The van der Waals surface area contributed by atoms with Crippen LogP contribution in [0.3, 0.4) is 0 Å². The van der Waals surface area contributed by atoms with Crippen LogP contribution in [0.2, 0.25) is 0 Å². The van der Waals surface area contributed by atoms with Gasteiger partial charge in [-0.3, -0.25) is 15.6 Å². The largest absolute Gasteiger partial charge is 0.361 e. The summed E-state index contributed by atoms with van der Waals surface area (Å²) in [5.74, 6) is -1.62. The lowest BCUT2D eigenvalue weighted by Gasteiger charge is -2.07. The van der Waals surface area contributed by atoms with E-state index in [1.807, 2.05) is 0 Å². The van der Waals surface area contributed by atoms with Crippen LogP contribution in [0, 0.1) is 18.6 Å². The van der Waals surface area contributed by atoms with E-state index in [4.69, 9.17) is 4.52 Å². The molecule has 0 saturated carbocycles. The quantitative estimate of drug-likeness (QED) is 0.821. The number of aromatic nitrogens is 1. The van der Waals surface area contributed by atoms with Crippen LogP contribution >= 0.6 is 0 Å². The zero-order valence-electron chi connectivity index (χ0n) is 9.33. The predicted molar refractivity (Wildman–Crippen MR) is 58.7 cm³/mol. The lowest BCUT2D eigenvalue weighted by atomic mass is 10.3. The van der Waals surface area contributed by atoms with Gasteiger partial charge in [-0.25, -0.2) is 8.78 Å². The van der Waals surface area contributed by atoms with E-state index < -0.39 is 17.5 Å². The second-order valence-corrected chi connectivity index (χ2v) is 3.53. The summed E-state index contributed by atoms with van der Waals surface area (Å²) in [6, 6.07) is 4.36. The molecule has 0 unspecified atom stereocenters. The second kappa shape index (κ2) is 4.82. The van der Waals surface area contributed by atoms with E-state index in [0.29, 0.717) is 11.8 Å². The van der Waals surface area contributed by atoms with Crippen LogP contribution in [0.1, 0.15) is 16.2 Å². The van der Waals surface area contributed by atoms with Crippen molar-refractivity contribution in [3.8, 4) is 0 Å². The fourth-order valence-electron chi connectivity index (χ4n) is 1.25. The number of anilines is 1. The normalized spacial score (nSPS) is 10.2. The molecule has 0 radical (unpaired) electrons. The fourth-order valence-corrected chi connectivity index (χ4v) is 1.25. The topological polar surface area (TPSA) is 67.2 Å². The van der Waals surface area contributed by atoms with Gasteiger partial charge in [0.05, 0.1) is 5.69 Å². The molecule has 1 aromatic heterocycles. The van der Waals surface area contributed by atoms with E-state index in [9.17, 15) is 13.6 Å². The van der Waals surface area contributed by atoms with Crippen molar-refractivity contribution in [3.63, 3.8) is 0 Å². The Kier molecular flexibility index (Phi) is 3.22. The van der Waals surface area contributed by atoms with E-state index >= 15 is 0 Å². The van der Waals surface area contributed by atoms with Crippen LogP contribution in [-0.4, -0.2) is 11.1 Å². The second-order valence-electron chi connectivity index (χ2n) is 3.53. The number of carbonyl (C=O) groups is 1. The molecule has 2 N–H and O–H groups in total. The molecular weight excluding hydrogens is 244 g/mol. The van der Waals surface area contributed by atoms with Crippen molar-refractivity contribution in [2.24, 2.45) is 0 Å². The average Bonchev–Trinajstić information content (AvgIpc) is 2.74. The zero-order chi connectivity index (χ0) is 13.1. The monoisotopic (exact) mass is 253 g/mol. The molecule has 0 atom stereocenters. The minimum Gasteiger partial charge on any atom is -0.361 e. The third kappa shape index (κ3) is 2.62. The van der Waals surface area contributed by atoms with E-state index in [2.05, 4.69) is 16.0 Å². The third-order valence-corrected chi connectivity index (χ3v) is 2.10. The molecule has 0 spiro atoms. The Bertz CT molecular complexity index is 583. The van der Waals surface area contributed by atoms with Crippen molar-refractivity contribution in [2.45, 2.75) is 6.92 Å². The molecule has 1 amide bonds. The molecule has 18 heavy (non-hydrogen) atoms. The van der Waals surface area contributed by atoms with Gasteiger partial charge in [0, 0.05) is 12.1 Å². The maximum Gasteiger partial charge on any atom is 0.291 e. The first kappa shape index (κ1) is 12.0. The fraction of sp³-hybridized carbons (Fsp3) is 0.0909. The Labute approximate surface area is 101 Å². The van der Waals surface area contributed by atoms with Crippen LogP contribution in [0.25, 0.3) is 0 Å². The number of aryl methyl sites for hydroxylation is 1. The number of carbonyl (C=O) groups excluding carboxylic acids is 1. The molecule has 2 rings (SSSR count). The van der Waals surface area contributed by atoms with Crippen molar-refractivity contribution in [2.75, 3.05) is 5.43 Å². The standard InChI is InChI=1S/C11H9F2N3O2/c1-6-4-10(16-18-6)11(17)15-14-9-3-2-7(12)5-8(9)13/h2-5,14H,1H3,(H,15,17). The van der Waals surface area contributed by atoms with E-state index in [0.717, 1.165) is 6.07 Å². The smallest absolute Gasteiger partial charge is 0.291 e. The molecular formula is C11H9F2N3O2. The number of hydrogen-bond donors (Lipinski definition) is 2. The van der Waals surface area contributed by atoms with Crippen LogP contribution in [-0.2, 0) is 0 Å². The summed E-state index contributed by atoms with van der Waals surface area (Å²) in [7, 11) is 0. The first-order chi connectivity index (χ1) is 8.56. The van der Waals surface area contributed by atoms with Crippen molar-refractivity contribution in [1.82, 2.24) is 10.6 Å². The highest BCUT2D eigenvalue weighted by molar-refractivity contribution is 5.92. The minimum atomic E-state index is -0.813. The number of amides is 1. The van der Waals surface area contributed by atoms with Crippen LogP contribution in [0.15, 0.2) is 28.8 Å². The molecule has 0 aliphatic heterocycles. The number of nitrogens with zero attached hydrogens (tertiary/aromatic N) is 1. The van der Waals surface area contributed by atoms with Crippen molar-refractivity contribution >= 4 is 11.6 Å². The number of hydrogen-bond acceptors (Lipinski definition) is 4. The van der Waals surface area contributed by atoms with Crippen molar-refractivity contribution < 1.29 is 18.1 Å². The maximum atomic E-state index is 13.2. The Balaban J connectivity index is 2.01. The highest BCUT2D eigenvalue weighted by atomic mass is 19.1. The van der Waals surface area contributed by atoms with Crippen LogP contribution in [0.4, 0.5) is 14.5 Å². The molecule has 0 aliphatic carbocycles. The van der Waals surface area contributed by atoms with E-state index in [-0.39, 0.29) is 11.4 Å². The molecule has 94 valence electrons. The number of benzene rings is 1. The molecule has 0 bridgehead atoms. The lowest BCUT2D eigenvalue weighted by Crippen LogP contribution is -2.30. The van der Waals surface area contributed by atoms with Gasteiger partial charge in [-0.1, -0.05) is 5.16 Å². The lowest BCUT2D eigenvalue weighted by molar-refractivity contribution is 0.0953. The molecule has 0 saturated heterocycles. The number of halogens is 2. The Morgan fingerprint density at radius 1 is 1.33 bits per heavy atom. The van der Waals surface area contributed by atoms with Gasteiger partial charge in [-0.2, -0.15) is 0 Å². The highest BCUT2D eigenvalue weighted by Crippen LogP contribution is 2.13. The third-order valence-electron chi connectivity index (χ3n) is 2.10. The Morgan fingerprint density at radius 2 is 2.11 bits per heavy atom. The van der Waals surface area contributed by atoms with E-state index in [1.165, 1.54) is 12.1 Å². The van der Waals surface area contributed by atoms with E-state index in [1.54, 1.807) is 6.92 Å². The molecule has 1 aromatic carbocycles. The summed E-state index contributed by atoms with van der Waals surface area (Å²) in [5.41, 5.74) is 4.55. The Hall–Kier alpha value is -2.44. The van der Waals surface area contributed by atoms with Gasteiger partial charge in [0.15, 0.2) is 11.5 Å². The summed E-state index contributed by atoms with van der Waals surface area (Å²) in [4.78, 5) is 11.5. The minimum absolute atomic E-state index is 0.0510. The summed E-state index contributed by atoms with van der Waals surface area (Å²) in [6.45, 7) is 1.64. The summed E-state index contributed by atoms with van der Waals surface area (Å²) in [5, 5.41) is 3.48. The van der Waals surface area contributed by atoms with Gasteiger partial charge in [0.1, 0.15) is 11.6 Å². The van der Waals surface area contributed by atoms with Gasteiger partial charge < -0.3 is 4.52 Å². The zero-order valence-corrected chi connectivity index (χ0v) is 9.33. The molecule has 7 heteroatoms. The summed E-state index contributed by atoms with van der Waals surface area (Å²) >= 11 is 0. The van der Waals surface area contributed by atoms with Crippen molar-refractivity contribution in [1.29, 1.82) is 0 Å². The molecule has 5 nitrogen and oxygen atoms in total. The average molecular weight is 253 g/mol. The first-order valence-electron chi connectivity index (χ1n) is 5.01. The van der Waals surface area contributed by atoms with Gasteiger partial charge >= 0.3 is 0 Å². The molecule has 2 aromatic rings. The SMILES string of the molecule is Cc1cc(C(=O)NNc2ccc(F)cc2F)no1. The predicted octanol–water partition coefficient (Wildman–Crippen LogP) is 2.02.